The van der Waals surface area contributed by atoms with Crippen LogP contribution in [0.5, 0.6) is 0 Å². The van der Waals surface area contributed by atoms with Crippen molar-refractivity contribution in [1.29, 1.82) is 0 Å². The molecule has 30 heteroatoms. The van der Waals surface area contributed by atoms with Crippen LogP contribution in [-0.2, 0) is 51.5 Å². The zero-order valence-corrected chi connectivity index (χ0v) is 44.5. The molecule has 3 aliphatic heterocycles. The highest BCUT2D eigenvalue weighted by molar-refractivity contribution is 6.41. The topological polar surface area (TPSA) is 456 Å². The first-order valence-electron chi connectivity index (χ1n) is 25.7. The van der Waals surface area contributed by atoms with Gasteiger partial charge in [-0.05, 0) is 80.4 Å². The van der Waals surface area contributed by atoms with Gasteiger partial charge in [-0.15, -0.1) is 0 Å². The number of amides is 3. The van der Waals surface area contributed by atoms with Gasteiger partial charge in [-0.1, -0.05) is 109 Å². The first-order chi connectivity index (χ1) is 37.0. The number of unbranched alkanes of at least 4 members (excludes halogenated alkanes) is 1. The molecule has 3 heterocycles. The summed E-state index contributed by atoms with van der Waals surface area (Å²) in [6.45, 7) is 7.02. The summed E-state index contributed by atoms with van der Waals surface area (Å²) in [5, 5.41) is 56.5. The number of benzene rings is 2. The third-order valence-corrected chi connectivity index (χ3v) is 13.9. The highest BCUT2D eigenvalue weighted by Crippen LogP contribution is 2.39. The predicted octanol–water partition coefficient (Wildman–Crippen LogP) is 2.79. The van der Waals surface area contributed by atoms with E-state index >= 15 is 0 Å². The van der Waals surface area contributed by atoms with Crippen LogP contribution in [0.4, 0.5) is 0 Å². The molecule has 0 aliphatic carbocycles. The van der Waals surface area contributed by atoms with Crippen molar-refractivity contribution < 1.29 is 63.4 Å². The molecule has 0 saturated carbocycles. The monoisotopic (exact) mass is 1090 g/mol. The van der Waals surface area contributed by atoms with Crippen molar-refractivity contribution in [3.63, 3.8) is 0 Å². The van der Waals surface area contributed by atoms with Crippen molar-refractivity contribution in [2.75, 3.05) is 39.3 Å². The molecule has 3 fully saturated rings. The number of ether oxygens (including phenoxy) is 2. The van der Waals surface area contributed by atoms with E-state index in [1.807, 2.05) is 55.5 Å². The molecule has 0 bridgehead atoms. The minimum Gasteiger partial charge on any atom is -0.481 e. The number of aliphatic carboxylic acids is 1. The molecule has 424 valence electrons. The summed E-state index contributed by atoms with van der Waals surface area (Å²) in [7, 11) is -2.96. The molecule has 3 amide bonds. The van der Waals surface area contributed by atoms with Crippen molar-refractivity contribution >= 4 is 49.9 Å². The fourth-order valence-corrected chi connectivity index (χ4v) is 9.71. The van der Waals surface area contributed by atoms with Gasteiger partial charge in [-0.2, -0.15) is 0 Å². The lowest BCUT2D eigenvalue weighted by atomic mass is 9.78. The molecule has 5 rings (SSSR count). The summed E-state index contributed by atoms with van der Waals surface area (Å²) in [6, 6.07) is 16.1. The van der Waals surface area contributed by atoms with E-state index in [0.29, 0.717) is 32.2 Å². The Labute approximate surface area is 452 Å². The number of rotatable bonds is 24. The molecule has 3 aliphatic rings. The van der Waals surface area contributed by atoms with Crippen LogP contribution in [0.2, 0.25) is 12.6 Å². The molecule has 0 aromatic heterocycles. The van der Waals surface area contributed by atoms with E-state index in [-0.39, 0.29) is 82.7 Å². The molecular weight excluding hydrogens is 1020 g/mol. The van der Waals surface area contributed by atoms with E-state index in [0.717, 1.165) is 24.0 Å². The van der Waals surface area contributed by atoms with Crippen LogP contribution in [0.15, 0.2) is 76.0 Å². The maximum absolute atomic E-state index is 13.0. The van der Waals surface area contributed by atoms with E-state index < -0.39 is 84.6 Å². The zero-order chi connectivity index (χ0) is 58.2. The van der Waals surface area contributed by atoms with Crippen molar-refractivity contribution in [3.05, 3.63) is 103 Å². The van der Waals surface area contributed by atoms with Gasteiger partial charge in [0.05, 0.1) is 18.1 Å². The second kappa shape index (κ2) is 31.4. The standard InChI is InChI=1S/C19H27N5O3.C18H26BN5O5.C11H20BN5O5/c1-3-4-10-16-11-24(17(25)14(2)20)13-19(16,22-23-21)18(26)27-12-15-8-6-5-7-9-15;1-13(20)16(25)24-10-15(8-5-9-19(27)28)18(12-24,22-23-21)17(26)29-11-14-6-3-2-4-7-14;1-7(13)9(18)17-5-8(3-2-4-12(21)22)11(6-17,10(19)20)15-16-14/h5-9,14,16H,3-4,10-13,20H2,1-2H3;2-4,6-7,13,15,27-28H,5,8-12,20H2,1H3;7-8,21-22H,2-6,13H2,1H3,(H,19,20)/t14-,16-,19-;13-,15-,18-;7-,8-,11-/m000/s1. The van der Waals surface area contributed by atoms with Gasteiger partial charge in [0.15, 0.2) is 16.6 Å². The number of carboxylic acids is 1. The van der Waals surface area contributed by atoms with Crippen LogP contribution in [-0.4, -0.2) is 164 Å². The number of esters is 2. The van der Waals surface area contributed by atoms with Gasteiger partial charge in [0.2, 0.25) is 17.7 Å². The molecule has 78 heavy (non-hydrogen) atoms. The molecule has 3 saturated heterocycles. The second-order valence-corrected chi connectivity index (χ2v) is 19.8. The van der Waals surface area contributed by atoms with Crippen molar-refractivity contribution in [3.8, 4) is 0 Å². The van der Waals surface area contributed by atoms with E-state index in [2.05, 4.69) is 30.1 Å². The summed E-state index contributed by atoms with van der Waals surface area (Å²) in [5.74, 6) is -5.07. The highest BCUT2D eigenvalue weighted by Gasteiger charge is 2.56. The molecule has 11 N–H and O–H groups in total. The number of azide groups is 3. The van der Waals surface area contributed by atoms with Crippen LogP contribution in [0.25, 0.3) is 31.3 Å². The van der Waals surface area contributed by atoms with Gasteiger partial charge in [0.1, 0.15) is 13.2 Å². The predicted molar refractivity (Wildman–Crippen MR) is 285 cm³/mol. The Hall–Kier alpha value is -6.96. The molecule has 28 nitrogen and oxygen atoms in total. The summed E-state index contributed by atoms with van der Waals surface area (Å²) >= 11 is 0. The second-order valence-electron chi connectivity index (χ2n) is 19.8. The number of nitrogens with two attached hydrogens (primary N) is 3. The molecular formula is C48H73B2N15O13. The van der Waals surface area contributed by atoms with Crippen LogP contribution in [0.1, 0.15) is 83.8 Å². The summed E-state index contributed by atoms with van der Waals surface area (Å²) in [5.41, 5.74) is 40.8. The van der Waals surface area contributed by atoms with Gasteiger partial charge in [-0.3, -0.25) is 28.8 Å². The number of nitrogens with zero attached hydrogens (tertiary/aromatic N) is 12. The van der Waals surface area contributed by atoms with Crippen LogP contribution >= 0.6 is 0 Å². The van der Waals surface area contributed by atoms with E-state index in [4.69, 9.17) is 63.4 Å². The molecule has 0 spiro atoms. The molecule has 2 aromatic rings. The summed E-state index contributed by atoms with van der Waals surface area (Å²) < 4.78 is 10.9. The Balaban J connectivity index is 0.000000311. The Morgan fingerprint density at radius 1 is 0.590 bits per heavy atom. The lowest BCUT2D eigenvalue weighted by Gasteiger charge is -2.27. The van der Waals surface area contributed by atoms with Crippen molar-refractivity contribution in [2.45, 2.75) is 133 Å². The third kappa shape index (κ3) is 17.8. The number of carboxylic acid groups (broad SMARTS) is 1. The molecule has 0 radical (unpaired) electrons. The number of hydrogen-bond donors (Lipinski definition) is 8. The Bertz CT molecular complexity index is 2460. The summed E-state index contributed by atoms with van der Waals surface area (Å²) in [4.78, 5) is 87.0. The minimum atomic E-state index is -1.75. The van der Waals surface area contributed by atoms with E-state index in [1.54, 1.807) is 26.0 Å². The largest absolute Gasteiger partial charge is 0.481 e. The maximum Gasteiger partial charge on any atom is 0.451 e. The fraction of sp³-hybridized carbons (Fsp3) is 0.625. The van der Waals surface area contributed by atoms with Crippen molar-refractivity contribution in [2.24, 2.45) is 50.3 Å². The number of hydrogen-bond acceptors (Lipinski definition) is 18. The van der Waals surface area contributed by atoms with E-state index in [9.17, 15) is 33.9 Å². The normalized spacial score (nSPS) is 23.2. The van der Waals surface area contributed by atoms with Gasteiger partial charge in [0.25, 0.3) is 0 Å². The minimum absolute atomic E-state index is 0.000558. The van der Waals surface area contributed by atoms with E-state index in [1.165, 1.54) is 21.6 Å². The van der Waals surface area contributed by atoms with Gasteiger partial charge >= 0.3 is 32.1 Å². The van der Waals surface area contributed by atoms with Crippen LogP contribution < -0.4 is 17.2 Å². The Kier molecular flexibility index (Phi) is 26.3. The SMILES string of the molecule is CCCC[C@H]1CN(C(=O)[C@H](C)N)C[C@@]1(N=[N+]=[N-])C(=O)OCc1ccccc1.C[C@H](N)C(=O)N1C[C@H](CCCB(O)O)[C@](N=[N+]=[N-])(C(=O)O)C1.C[C@H](N)C(=O)N1C[C@H](CCCB(O)O)[C@](N=[N+]=[N-])(C(=O)OCc2ccccc2)C1. The van der Waals surface area contributed by atoms with Crippen LogP contribution in [0, 0.1) is 17.8 Å². The molecule has 9 atom stereocenters. The highest BCUT2D eigenvalue weighted by atomic mass is 16.5. The van der Waals surface area contributed by atoms with Gasteiger partial charge in [-0.25, -0.2) is 0 Å². The quantitative estimate of drug-likeness (QED) is 0.0246. The lowest BCUT2D eigenvalue weighted by Crippen LogP contribution is -2.47. The number of carbonyl (C=O) groups is 6. The number of carbonyl (C=O) groups excluding carboxylic acids is 5. The number of likely N-dealkylation sites (tertiary alicyclic amines) is 3. The van der Waals surface area contributed by atoms with Crippen molar-refractivity contribution in [1.82, 2.24) is 14.7 Å². The van der Waals surface area contributed by atoms with Gasteiger partial charge in [0, 0.05) is 71.8 Å². The molecule has 0 unspecified atom stereocenters. The molecule has 2 aromatic carbocycles. The third-order valence-electron chi connectivity index (χ3n) is 13.9. The first-order valence-corrected chi connectivity index (χ1v) is 25.7. The lowest BCUT2D eigenvalue weighted by molar-refractivity contribution is -0.153. The van der Waals surface area contributed by atoms with Crippen LogP contribution in [0.3, 0.4) is 0 Å². The average Bonchev–Trinajstić information content (AvgIpc) is 4.19. The zero-order valence-electron chi connectivity index (χ0n) is 44.5. The smallest absolute Gasteiger partial charge is 0.451 e. The summed E-state index contributed by atoms with van der Waals surface area (Å²) in [6.07, 6.45) is 3.97. The Morgan fingerprint density at radius 2 is 0.897 bits per heavy atom. The maximum atomic E-state index is 13.0. The average molecular weight is 1090 g/mol. The first kappa shape index (κ1) is 65.3. The van der Waals surface area contributed by atoms with Gasteiger partial charge < -0.3 is 66.6 Å². The Morgan fingerprint density at radius 3 is 1.19 bits per heavy atom. The fourth-order valence-electron chi connectivity index (χ4n) is 9.71.